The first-order chi connectivity index (χ1) is 8.00. The summed E-state index contributed by atoms with van der Waals surface area (Å²) in [6, 6.07) is 5.45. The van der Waals surface area contributed by atoms with Crippen molar-refractivity contribution in [3.05, 3.63) is 50.7 Å². The molecule has 0 saturated heterocycles. The Kier molecular flexibility index (Phi) is 3.56. The predicted molar refractivity (Wildman–Crippen MR) is 71.2 cm³/mol. The second-order valence-electron chi connectivity index (χ2n) is 3.90. The first-order valence-corrected chi connectivity index (χ1v) is 6.29. The highest BCUT2D eigenvalue weighted by molar-refractivity contribution is 9.10. The summed E-state index contributed by atoms with van der Waals surface area (Å²) in [6.07, 6.45) is 0.957. The van der Waals surface area contributed by atoms with Gasteiger partial charge in [0.1, 0.15) is 6.10 Å². The van der Waals surface area contributed by atoms with Crippen molar-refractivity contribution in [1.29, 1.82) is 0 Å². The van der Waals surface area contributed by atoms with E-state index in [1.54, 1.807) is 24.0 Å². The maximum atomic E-state index is 10.4. The fourth-order valence-electron chi connectivity index (χ4n) is 1.82. The number of aliphatic hydroxyl groups is 1. The van der Waals surface area contributed by atoms with Crippen molar-refractivity contribution in [2.24, 2.45) is 7.05 Å². The van der Waals surface area contributed by atoms with Gasteiger partial charge in [0.25, 0.3) is 0 Å². The van der Waals surface area contributed by atoms with Gasteiger partial charge in [-0.25, -0.2) is 0 Å². The number of benzene rings is 1. The SMILES string of the molecule is Cc1cc(Cl)ccc1C(O)c1c(Br)cnn1C. The Morgan fingerprint density at radius 3 is 2.71 bits per heavy atom. The van der Waals surface area contributed by atoms with E-state index in [1.807, 2.05) is 19.1 Å². The molecule has 0 radical (unpaired) electrons. The van der Waals surface area contributed by atoms with E-state index in [2.05, 4.69) is 21.0 Å². The predicted octanol–water partition coefficient (Wildman–Crippen LogP) is 3.23. The number of rotatable bonds is 2. The van der Waals surface area contributed by atoms with Crippen LogP contribution in [0.5, 0.6) is 0 Å². The summed E-state index contributed by atoms with van der Waals surface area (Å²) in [4.78, 5) is 0. The van der Waals surface area contributed by atoms with Gasteiger partial charge in [-0.2, -0.15) is 5.10 Å². The van der Waals surface area contributed by atoms with Gasteiger partial charge in [0.15, 0.2) is 0 Å². The molecule has 2 rings (SSSR count). The lowest BCUT2D eigenvalue weighted by Crippen LogP contribution is -2.08. The normalized spacial score (nSPS) is 12.8. The largest absolute Gasteiger partial charge is 0.382 e. The molecule has 0 aliphatic carbocycles. The van der Waals surface area contributed by atoms with Gasteiger partial charge >= 0.3 is 0 Å². The van der Waals surface area contributed by atoms with E-state index < -0.39 is 6.10 Å². The lowest BCUT2D eigenvalue weighted by molar-refractivity contribution is 0.208. The maximum absolute atomic E-state index is 10.4. The molecule has 0 saturated carbocycles. The molecular formula is C12H12BrClN2O. The minimum Gasteiger partial charge on any atom is -0.382 e. The molecule has 3 nitrogen and oxygen atoms in total. The van der Waals surface area contributed by atoms with Crippen molar-refractivity contribution in [1.82, 2.24) is 9.78 Å². The molecule has 17 heavy (non-hydrogen) atoms. The first-order valence-electron chi connectivity index (χ1n) is 5.12. The molecule has 0 aliphatic heterocycles. The third-order valence-electron chi connectivity index (χ3n) is 2.72. The second kappa shape index (κ2) is 4.80. The van der Waals surface area contributed by atoms with Crippen molar-refractivity contribution in [2.45, 2.75) is 13.0 Å². The number of aromatic nitrogens is 2. The summed E-state index contributed by atoms with van der Waals surface area (Å²) in [6.45, 7) is 1.93. The molecule has 1 N–H and O–H groups in total. The van der Waals surface area contributed by atoms with Gasteiger partial charge in [-0.3, -0.25) is 4.68 Å². The van der Waals surface area contributed by atoms with Gasteiger partial charge in [-0.15, -0.1) is 0 Å². The average Bonchev–Trinajstić information content (AvgIpc) is 2.58. The zero-order valence-electron chi connectivity index (χ0n) is 9.48. The van der Waals surface area contributed by atoms with E-state index in [0.29, 0.717) is 5.02 Å². The van der Waals surface area contributed by atoms with Crippen LogP contribution in [0, 0.1) is 6.92 Å². The third-order valence-corrected chi connectivity index (χ3v) is 3.57. The van der Waals surface area contributed by atoms with E-state index >= 15 is 0 Å². The molecule has 1 aromatic carbocycles. The Balaban J connectivity index is 2.47. The molecular weight excluding hydrogens is 304 g/mol. The van der Waals surface area contributed by atoms with Crippen LogP contribution >= 0.6 is 27.5 Å². The Morgan fingerprint density at radius 2 is 2.18 bits per heavy atom. The van der Waals surface area contributed by atoms with Crippen molar-refractivity contribution in [2.75, 3.05) is 0 Å². The molecule has 0 spiro atoms. The summed E-state index contributed by atoms with van der Waals surface area (Å²) in [5.41, 5.74) is 2.52. The zero-order chi connectivity index (χ0) is 12.6. The molecule has 0 bridgehead atoms. The topological polar surface area (TPSA) is 38.1 Å². The number of aryl methyl sites for hydroxylation is 2. The standard InChI is InChI=1S/C12H12BrClN2O/c1-7-5-8(14)3-4-9(7)12(17)11-10(13)6-15-16(11)2/h3-6,12,17H,1-2H3. The van der Waals surface area contributed by atoms with Crippen molar-refractivity contribution >= 4 is 27.5 Å². The van der Waals surface area contributed by atoms with Crippen molar-refractivity contribution < 1.29 is 5.11 Å². The molecule has 90 valence electrons. The van der Waals surface area contributed by atoms with Crippen LogP contribution in [0.15, 0.2) is 28.9 Å². The van der Waals surface area contributed by atoms with Gasteiger partial charge in [0, 0.05) is 12.1 Å². The van der Waals surface area contributed by atoms with Crippen LogP contribution in [-0.4, -0.2) is 14.9 Å². The molecule has 0 fully saturated rings. The molecule has 5 heteroatoms. The highest BCUT2D eigenvalue weighted by Gasteiger charge is 2.19. The highest BCUT2D eigenvalue weighted by atomic mass is 79.9. The summed E-state index contributed by atoms with van der Waals surface area (Å²) >= 11 is 9.29. The fourth-order valence-corrected chi connectivity index (χ4v) is 2.61. The molecule has 0 amide bonds. The van der Waals surface area contributed by atoms with Crippen molar-refractivity contribution in [3.63, 3.8) is 0 Å². The van der Waals surface area contributed by atoms with Gasteiger partial charge in [-0.05, 0) is 46.1 Å². The molecule has 0 aliphatic rings. The highest BCUT2D eigenvalue weighted by Crippen LogP contribution is 2.30. The quantitative estimate of drug-likeness (QED) is 0.924. The van der Waals surface area contributed by atoms with Gasteiger partial charge in [0.05, 0.1) is 16.4 Å². The molecule has 2 aromatic rings. The smallest absolute Gasteiger partial charge is 0.122 e. The number of hydrogen-bond donors (Lipinski definition) is 1. The lowest BCUT2D eigenvalue weighted by atomic mass is 10.0. The fraction of sp³-hybridized carbons (Fsp3) is 0.250. The molecule has 1 aromatic heterocycles. The number of nitrogens with zero attached hydrogens (tertiary/aromatic N) is 2. The van der Waals surface area contributed by atoms with E-state index in [-0.39, 0.29) is 0 Å². The number of hydrogen-bond acceptors (Lipinski definition) is 2. The summed E-state index contributed by atoms with van der Waals surface area (Å²) in [5.74, 6) is 0. The molecule has 1 unspecified atom stereocenters. The van der Waals surface area contributed by atoms with Crippen LogP contribution in [0.2, 0.25) is 5.02 Å². The maximum Gasteiger partial charge on any atom is 0.122 e. The van der Waals surface area contributed by atoms with E-state index in [0.717, 1.165) is 21.3 Å². The van der Waals surface area contributed by atoms with Gasteiger partial charge in [-0.1, -0.05) is 17.7 Å². The zero-order valence-corrected chi connectivity index (χ0v) is 11.8. The van der Waals surface area contributed by atoms with Crippen LogP contribution in [-0.2, 0) is 7.05 Å². The minimum atomic E-state index is -0.714. The van der Waals surface area contributed by atoms with E-state index in [9.17, 15) is 5.11 Å². The van der Waals surface area contributed by atoms with E-state index in [4.69, 9.17) is 11.6 Å². The van der Waals surface area contributed by atoms with Gasteiger partial charge in [0.2, 0.25) is 0 Å². The lowest BCUT2D eigenvalue weighted by Gasteiger charge is -2.15. The summed E-state index contributed by atoms with van der Waals surface area (Å²) in [7, 11) is 1.80. The Hall–Kier alpha value is -0.840. The monoisotopic (exact) mass is 314 g/mol. The molecule has 1 heterocycles. The summed E-state index contributed by atoms with van der Waals surface area (Å²) < 4.78 is 2.45. The third kappa shape index (κ3) is 2.39. The van der Waals surface area contributed by atoms with Crippen LogP contribution in [0.4, 0.5) is 0 Å². The van der Waals surface area contributed by atoms with Crippen LogP contribution in [0.25, 0.3) is 0 Å². The number of aliphatic hydroxyl groups excluding tert-OH is 1. The second-order valence-corrected chi connectivity index (χ2v) is 5.20. The van der Waals surface area contributed by atoms with Crippen LogP contribution in [0.3, 0.4) is 0 Å². The number of halogens is 2. The first kappa shape index (κ1) is 12.6. The Labute approximate surface area is 113 Å². The van der Waals surface area contributed by atoms with Crippen molar-refractivity contribution in [3.8, 4) is 0 Å². The van der Waals surface area contributed by atoms with Gasteiger partial charge < -0.3 is 5.11 Å². The van der Waals surface area contributed by atoms with Crippen LogP contribution < -0.4 is 0 Å². The minimum absolute atomic E-state index is 0.669. The average molecular weight is 316 g/mol. The van der Waals surface area contributed by atoms with Crippen LogP contribution in [0.1, 0.15) is 22.9 Å². The molecule has 1 atom stereocenters. The Bertz CT molecular complexity index is 534. The van der Waals surface area contributed by atoms with E-state index in [1.165, 1.54) is 0 Å². The Morgan fingerprint density at radius 1 is 1.47 bits per heavy atom. The summed E-state index contributed by atoms with van der Waals surface area (Å²) in [5, 5.41) is 15.1.